The number of aryl methyl sites for hydroxylation is 2. The summed E-state index contributed by atoms with van der Waals surface area (Å²) in [6, 6.07) is 14.1. The maximum Gasteiger partial charge on any atom is 0.272 e. The van der Waals surface area contributed by atoms with Gasteiger partial charge in [0.05, 0.1) is 11.4 Å². The minimum Gasteiger partial charge on any atom is -0.349 e. The van der Waals surface area contributed by atoms with Gasteiger partial charge in [-0.15, -0.1) is 0 Å². The third-order valence-electron chi connectivity index (χ3n) is 5.45. The Morgan fingerprint density at radius 2 is 1.89 bits per heavy atom. The summed E-state index contributed by atoms with van der Waals surface area (Å²) >= 11 is 0. The van der Waals surface area contributed by atoms with Gasteiger partial charge >= 0.3 is 0 Å². The maximum absolute atomic E-state index is 13.3. The number of likely N-dealkylation sites (tertiary alicyclic amines) is 1. The Bertz CT molecular complexity index is 960. The van der Waals surface area contributed by atoms with E-state index < -0.39 is 0 Å². The highest BCUT2D eigenvalue weighted by atomic mass is 16.2. The molecule has 5 heteroatoms. The smallest absolute Gasteiger partial charge is 0.272 e. The van der Waals surface area contributed by atoms with E-state index in [1.807, 2.05) is 53.0 Å². The molecule has 2 aromatic heterocycles. The lowest BCUT2D eigenvalue weighted by molar-refractivity contribution is 0.0688. The first kappa shape index (κ1) is 17.6. The Morgan fingerprint density at radius 1 is 1.11 bits per heavy atom. The Labute approximate surface area is 160 Å². The van der Waals surface area contributed by atoms with Crippen molar-refractivity contribution in [1.82, 2.24) is 19.2 Å². The summed E-state index contributed by atoms with van der Waals surface area (Å²) in [7, 11) is 1.99. The molecule has 1 aromatic carbocycles. The van der Waals surface area contributed by atoms with E-state index in [4.69, 9.17) is 5.10 Å². The Balaban J connectivity index is 1.78. The van der Waals surface area contributed by atoms with Crippen LogP contribution in [0, 0.1) is 12.8 Å². The second-order valence-electron chi connectivity index (χ2n) is 7.64. The van der Waals surface area contributed by atoms with Crippen LogP contribution >= 0.6 is 0 Å². The number of hydrogen-bond acceptors (Lipinski definition) is 2. The van der Waals surface area contributed by atoms with Gasteiger partial charge in [-0.05, 0) is 61.6 Å². The topological polar surface area (TPSA) is 43.1 Å². The van der Waals surface area contributed by atoms with Crippen LogP contribution in [-0.4, -0.2) is 38.2 Å². The van der Waals surface area contributed by atoms with Gasteiger partial charge in [0.25, 0.3) is 5.91 Å². The minimum absolute atomic E-state index is 0.0661. The van der Waals surface area contributed by atoms with Gasteiger partial charge in [-0.1, -0.05) is 19.1 Å². The first-order chi connectivity index (χ1) is 13.0. The predicted molar refractivity (Wildman–Crippen MR) is 107 cm³/mol. The maximum atomic E-state index is 13.3. The highest BCUT2D eigenvalue weighted by Crippen LogP contribution is 2.25. The van der Waals surface area contributed by atoms with Crippen molar-refractivity contribution in [3.63, 3.8) is 0 Å². The van der Waals surface area contributed by atoms with Crippen molar-refractivity contribution in [2.45, 2.75) is 26.7 Å². The van der Waals surface area contributed by atoms with Crippen LogP contribution in [0.2, 0.25) is 0 Å². The van der Waals surface area contributed by atoms with Gasteiger partial charge < -0.3 is 9.47 Å². The van der Waals surface area contributed by atoms with E-state index in [-0.39, 0.29) is 5.91 Å². The second-order valence-corrected chi connectivity index (χ2v) is 7.64. The van der Waals surface area contributed by atoms with Crippen LogP contribution in [0.1, 0.15) is 35.8 Å². The number of nitrogens with zero attached hydrogens (tertiary/aromatic N) is 4. The third kappa shape index (κ3) is 3.42. The van der Waals surface area contributed by atoms with Crippen LogP contribution in [0.15, 0.2) is 48.7 Å². The van der Waals surface area contributed by atoms with Gasteiger partial charge in [-0.2, -0.15) is 5.10 Å². The number of benzene rings is 1. The van der Waals surface area contributed by atoms with Crippen molar-refractivity contribution < 1.29 is 4.79 Å². The van der Waals surface area contributed by atoms with Crippen LogP contribution in [0.25, 0.3) is 17.1 Å². The molecule has 0 radical (unpaired) electrons. The van der Waals surface area contributed by atoms with Crippen LogP contribution in [-0.2, 0) is 7.05 Å². The molecule has 140 valence electrons. The van der Waals surface area contributed by atoms with Crippen molar-refractivity contribution in [1.29, 1.82) is 0 Å². The van der Waals surface area contributed by atoms with Crippen LogP contribution in [0.5, 0.6) is 0 Å². The predicted octanol–water partition coefficient (Wildman–Crippen LogP) is 4.06. The van der Waals surface area contributed by atoms with Crippen LogP contribution < -0.4 is 0 Å². The molecule has 3 aromatic rings. The zero-order chi connectivity index (χ0) is 19.0. The number of amides is 1. The number of carbonyl (C=O) groups is 1. The fourth-order valence-corrected chi connectivity index (χ4v) is 3.72. The van der Waals surface area contributed by atoms with Crippen molar-refractivity contribution in [3.05, 3.63) is 59.9 Å². The molecule has 5 nitrogen and oxygen atoms in total. The highest BCUT2D eigenvalue weighted by molar-refractivity contribution is 5.94. The minimum atomic E-state index is 0.0661. The molecule has 0 atom stereocenters. The summed E-state index contributed by atoms with van der Waals surface area (Å²) in [5, 5.41) is 4.80. The van der Waals surface area contributed by atoms with E-state index in [1.54, 1.807) is 4.68 Å². The van der Waals surface area contributed by atoms with Crippen LogP contribution in [0.3, 0.4) is 0 Å². The van der Waals surface area contributed by atoms with Crippen LogP contribution in [0.4, 0.5) is 0 Å². The number of aromatic nitrogens is 3. The SMILES string of the molecule is Cc1cccc(-n2nc(-c3cccn3C)cc2C(=O)N2CCC(C)CC2)c1. The second kappa shape index (κ2) is 7.06. The summed E-state index contributed by atoms with van der Waals surface area (Å²) in [6.07, 6.45) is 4.12. The summed E-state index contributed by atoms with van der Waals surface area (Å²) in [5.74, 6) is 0.756. The Morgan fingerprint density at radius 3 is 2.56 bits per heavy atom. The lowest BCUT2D eigenvalue weighted by Gasteiger charge is -2.30. The van der Waals surface area contributed by atoms with Gasteiger partial charge in [0, 0.05) is 26.3 Å². The number of rotatable bonds is 3. The first-order valence-corrected chi connectivity index (χ1v) is 9.61. The molecule has 0 saturated carbocycles. The number of carbonyl (C=O) groups excluding carboxylic acids is 1. The molecule has 1 amide bonds. The molecule has 0 bridgehead atoms. The molecule has 27 heavy (non-hydrogen) atoms. The fraction of sp³-hybridized carbons (Fsp3) is 0.364. The molecule has 0 aliphatic carbocycles. The van der Waals surface area contributed by atoms with Gasteiger partial charge in [-0.3, -0.25) is 4.79 Å². The largest absolute Gasteiger partial charge is 0.349 e. The van der Waals surface area contributed by atoms with Gasteiger partial charge in [0.15, 0.2) is 0 Å². The molecule has 3 heterocycles. The summed E-state index contributed by atoms with van der Waals surface area (Å²) < 4.78 is 3.83. The first-order valence-electron chi connectivity index (χ1n) is 9.61. The third-order valence-corrected chi connectivity index (χ3v) is 5.45. The van der Waals surface area contributed by atoms with E-state index in [2.05, 4.69) is 26.0 Å². The number of hydrogen-bond donors (Lipinski definition) is 0. The van der Waals surface area contributed by atoms with Crippen molar-refractivity contribution in [2.24, 2.45) is 13.0 Å². The van der Waals surface area contributed by atoms with Crippen molar-refractivity contribution in [3.8, 4) is 17.1 Å². The fourth-order valence-electron chi connectivity index (χ4n) is 3.72. The van der Waals surface area contributed by atoms with Gasteiger partial charge in [0.2, 0.25) is 0 Å². The molecule has 1 fully saturated rings. The van der Waals surface area contributed by atoms with Gasteiger partial charge in [-0.25, -0.2) is 4.68 Å². The lowest BCUT2D eigenvalue weighted by Crippen LogP contribution is -2.38. The molecule has 1 aliphatic heterocycles. The van der Waals surface area contributed by atoms with Gasteiger partial charge in [0.1, 0.15) is 11.4 Å². The van der Waals surface area contributed by atoms with E-state index in [1.165, 1.54) is 0 Å². The Hall–Kier alpha value is -2.82. The van der Waals surface area contributed by atoms with Crippen molar-refractivity contribution >= 4 is 5.91 Å². The molecular weight excluding hydrogens is 336 g/mol. The molecular formula is C22H26N4O. The molecule has 1 saturated heterocycles. The quantitative estimate of drug-likeness (QED) is 0.705. The molecule has 0 N–H and O–H groups in total. The molecule has 1 aliphatic rings. The molecule has 0 spiro atoms. The zero-order valence-corrected chi connectivity index (χ0v) is 16.2. The highest BCUT2D eigenvalue weighted by Gasteiger charge is 2.26. The lowest BCUT2D eigenvalue weighted by atomic mass is 9.99. The van der Waals surface area contributed by atoms with E-state index in [0.29, 0.717) is 11.6 Å². The standard InChI is InChI=1S/C22H26N4O/c1-16-9-12-25(13-10-16)22(27)21-15-19(20-8-5-11-24(20)3)23-26(21)18-7-4-6-17(2)14-18/h4-8,11,14-16H,9-10,12-13H2,1-3H3. The van der Waals surface area contributed by atoms with Crippen molar-refractivity contribution in [2.75, 3.05) is 13.1 Å². The Kier molecular flexibility index (Phi) is 4.60. The zero-order valence-electron chi connectivity index (χ0n) is 16.2. The number of piperidine rings is 1. The average Bonchev–Trinajstić information content (AvgIpc) is 3.28. The monoisotopic (exact) mass is 362 g/mol. The van der Waals surface area contributed by atoms with E-state index >= 15 is 0 Å². The van der Waals surface area contributed by atoms with E-state index in [0.717, 1.165) is 48.6 Å². The summed E-state index contributed by atoms with van der Waals surface area (Å²) in [4.78, 5) is 15.3. The summed E-state index contributed by atoms with van der Waals surface area (Å²) in [6.45, 7) is 5.95. The molecule has 4 rings (SSSR count). The molecule has 0 unspecified atom stereocenters. The average molecular weight is 362 g/mol. The normalized spacial score (nSPS) is 15.3. The summed E-state index contributed by atoms with van der Waals surface area (Å²) in [5.41, 5.74) is 4.52. The van der Waals surface area contributed by atoms with E-state index in [9.17, 15) is 4.79 Å².